The Bertz CT molecular complexity index is 885. The zero-order chi connectivity index (χ0) is 18.6. The van der Waals surface area contributed by atoms with Crippen LogP contribution in [0.2, 0.25) is 0 Å². The van der Waals surface area contributed by atoms with Gasteiger partial charge in [-0.2, -0.15) is 0 Å². The molecule has 2 rings (SSSR count). The summed E-state index contributed by atoms with van der Waals surface area (Å²) < 4.78 is 0. The first-order valence-electron chi connectivity index (χ1n) is 6.62. The molecule has 0 aliphatic carbocycles. The van der Waals surface area contributed by atoms with Crippen LogP contribution >= 0.6 is 12.2 Å². The molecule has 0 heterocycles. The maximum atomic E-state index is 12.1. The monoisotopic (exact) mass is 362 g/mol. The molecule has 0 bridgehead atoms. The van der Waals surface area contributed by atoms with E-state index >= 15 is 0 Å². The van der Waals surface area contributed by atoms with Gasteiger partial charge in [0.2, 0.25) is 0 Å². The fourth-order valence-corrected chi connectivity index (χ4v) is 2.09. The predicted octanol–water partition coefficient (Wildman–Crippen LogP) is 2.34. The molecule has 0 spiro atoms. The Labute approximate surface area is 145 Å². The number of hydrogen-bond donors (Lipinski definition) is 3. The van der Waals surface area contributed by atoms with Gasteiger partial charge in [0.1, 0.15) is 11.3 Å². The van der Waals surface area contributed by atoms with Gasteiger partial charge in [0, 0.05) is 12.1 Å². The molecule has 3 N–H and O–H groups in total. The second-order valence-corrected chi connectivity index (χ2v) is 5.05. The Morgan fingerprint density at radius 2 is 1.76 bits per heavy atom. The molecule has 11 heteroatoms. The topological polar surface area (TPSA) is 148 Å². The van der Waals surface area contributed by atoms with Gasteiger partial charge in [0.25, 0.3) is 17.3 Å². The van der Waals surface area contributed by atoms with Crippen molar-refractivity contribution < 1.29 is 19.7 Å². The molecule has 10 nitrogen and oxygen atoms in total. The van der Waals surface area contributed by atoms with Crippen LogP contribution in [0, 0.1) is 20.2 Å². The number of nitrogens with zero attached hydrogens (tertiary/aromatic N) is 2. The fourth-order valence-electron chi connectivity index (χ4n) is 1.89. The van der Waals surface area contributed by atoms with Crippen molar-refractivity contribution in [2.45, 2.75) is 0 Å². The van der Waals surface area contributed by atoms with Gasteiger partial charge in [-0.1, -0.05) is 12.1 Å². The van der Waals surface area contributed by atoms with Gasteiger partial charge in [-0.25, -0.2) is 0 Å². The highest BCUT2D eigenvalue weighted by Crippen LogP contribution is 2.27. The van der Waals surface area contributed by atoms with E-state index in [1.165, 1.54) is 30.3 Å². The van der Waals surface area contributed by atoms with Gasteiger partial charge in [0.15, 0.2) is 5.11 Å². The molecule has 0 saturated heterocycles. The molecule has 2 aromatic carbocycles. The molecule has 0 aromatic heterocycles. The van der Waals surface area contributed by atoms with Crippen LogP contribution in [-0.4, -0.2) is 26.0 Å². The highest BCUT2D eigenvalue weighted by Gasteiger charge is 2.20. The summed E-state index contributed by atoms with van der Waals surface area (Å²) in [6.45, 7) is 0. The van der Waals surface area contributed by atoms with Gasteiger partial charge in [0.05, 0.1) is 21.6 Å². The summed E-state index contributed by atoms with van der Waals surface area (Å²) in [5.74, 6) is -1.26. The lowest BCUT2D eigenvalue weighted by Crippen LogP contribution is -2.34. The number of nitro groups is 2. The normalized spacial score (nSPS) is 9.92. The molecular formula is C14H10N4O6S. The quantitative estimate of drug-likeness (QED) is 0.325. The average Bonchev–Trinajstić information content (AvgIpc) is 2.56. The Balaban J connectivity index is 2.12. The molecule has 0 atom stereocenters. The summed E-state index contributed by atoms with van der Waals surface area (Å²) in [7, 11) is 0. The SMILES string of the molecule is O=C(NC(=S)Nc1ccc([N+](=O)[O-])cc1O)c1ccccc1[N+](=O)[O-]. The Morgan fingerprint density at radius 1 is 1.08 bits per heavy atom. The minimum absolute atomic E-state index is 0.0264. The average molecular weight is 362 g/mol. The van der Waals surface area contributed by atoms with E-state index in [1.54, 1.807) is 0 Å². The van der Waals surface area contributed by atoms with Gasteiger partial charge >= 0.3 is 0 Å². The number of carbonyl (C=O) groups excluding carboxylic acids is 1. The van der Waals surface area contributed by atoms with E-state index in [4.69, 9.17) is 12.2 Å². The first-order valence-corrected chi connectivity index (χ1v) is 7.03. The third kappa shape index (κ3) is 4.23. The number of thiocarbonyl (C=S) groups is 1. The third-order valence-electron chi connectivity index (χ3n) is 3.01. The fraction of sp³-hybridized carbons (Fsp3) is 0. The molecule has 0 radical (unpaired) electrons. The van der Waals surface area contributed by atoms with Gasteiger partial charge in [-0.3, -0.25) is 30.3 Å². The number of para-hydroxylation sites is 1. The molecular weight excluding hydrogens is 352 g/mol. The van der Waals surface area contributed by atoms with E-state index in [0.717, 1.165) is 12.1 Å². The van der Waals surface area contributed by atoms with Crippen LogP contribution in [0.3, 0.4) is 0 Å². The van der Waals surface area contributed by atoms with E-state index in [1.807, 2.05) is 0 Å². The summed E-state index contributed by atoms with van der Waals surface area (Å²) in [6.07, 6.45) is 0. The van der Waals surface area contributed by atoms with Crippen LogP contribution < -0.4 is 10.6 Å². The van der Waals surface area contributed by atoms with Crippen molar-refractivity contribution >= 4 is 40.3 Å². The number of phenolic OH excluding ortho intramolecular Hbond substituents is 1. The number of aromatic hydroxyl groups is 1. The summed E-state index contributed by atoms with van der Waals surface area (Å²) in [4.78, 5) is 32.3. The van der Waals surface area contributed by atoms with Crippen molar-refractivity contribution in [2.24, 2.45) is 0 Å². The van der Waals surface area contributed by atoms with Crippen molar-refractivity contribution in [3.63, 3.8) is 0 Å². The Morgan fingerprint density at radius 3 is 2.36 bits per heavy atom. The number of non-ortho nitro benzene ring substituents is 1. The van der Waals surface area contributed by atoms with Crippen molar-refractivity contribution in [1.29, 1.82) is 0 Å². The maximum absolute atomic E-state index is 12.1. The van der Waals surface area contributed by atoms with Crippen LogP contribution in [0.25, 0.3) is 0 Å². The standard InChI is InChI=1S/C14H10N4O6S/c19-12-7-8(17(21)22)5-6-10(12)15-14(25)16-13(20)9-3-1-2-4-11(9)18(23)24/h1-7,19H,(H2,15,16,20,25). The lowest BCUT2D eigenvalue weighted by atomic mass is 10.1. The van der Waals surface area contributed by atoms with E-state index in [0.29, 0.717) is 0 Å². The van der Waals surface area contributed by atoms with E-state index in [2.05, 4.69) is 10.6 Å². The van der Waals surface area contributed by atoms with Crippen molar-refractivity contribution in [3.8, 4) is 5.75 Å². The van der Waals surface area contributed by atoms with Crippen molar-refractivity contribution in [1.82, 2.24) is 5.32 Å². The summed E-state index contributed by atoms with van der Waals surface area (Å²) in [5.41, 5.74) is -0.873. The Kier molecular flexibility index (Phi) is 5.19. The Hall–Kier alpha value is -3.60. The molecule has 0 fully saturated rings. The van der Waals surface area contributed by atoms with Crippen LogP contribution in [0.5, 0.6) is 5.75 Å². The van der Waals surface area contributed by atoms with Crippen LogP contribution in [-0.2, 0) is 0 Å². The number of rotatable bonds is 4. The largest absolute Gasteiger partial charge is 0.506 e. The highest BCUT2D eigenvalue weighted by atomic mass is 32.1. The minimum Gasteiger partial charge on any atom is -0.506 e. The predicted molar refractivity (Wildman–Crippen MR) is 91.5 cm³/mol. The lowest BCUT2D eigenvalue weighted by Gasteiger charge is -2.10. The van der Waals surface area contributed by atoms with Crippen molar-refractivity contribution in [3.05, 3.63) is 68.3 Å². The molecule has 0 saturated carbocycles. The first-order chi connectivity index (χ1) is 11.8. The van der Waals surface area contributed by atoms with Crippen molar-refractivity contribution in [2.75, 3.05) is 5.32 Å². The van der Waals surface area contributed by atoms with Crippen LogP contribution in [0.15, 0.2) is 42.5 Å². The van der Waals surface area contributed by atoms with Gasteiger partial charge in [-0.05, 0) is 24.4 Å². The number of phenols is 1. The second kappa shape index (κ2) is 7.31. The van der Waals surface area contributed by atoms with E-state index in [9.17, 15) is 30.1 Å². The lowest BCUT2D eigenvalue weighted by molar-refractivity contribution is -0.385. The van der Waals surface area contributed by atoms with E-state index in [-0.39, 0.29) is 27.7 Å². The molecule has 1 amide bonds. The maximum Gasteiger partial charge on any atom is 0.282 e. The molecule has 25 heavy (non-hydrogen) atoms. The number of nitrogens with one attached hydrogen (secondary N) is 2. The number of hydrogen-bond acceptors (Lipinski definition) is 7. The summed E-state index contributed by atoms with van der Waals surface area (Å²) >= 11 is 4.91. The van der Waals surface area contributed by atoms with Gasteiger partial charge in [-0.15, -0.1) is 0 Å². The second-order valence-electron chi connectivity index (χ2n) is 4.64. The molecule has 2 aromatic rings. The van der Waals surface area contributed by atoms with Crippen LogP contribution in [0.4, 0.5) is 17.1 Å². The number of carbonyl (C=O) groups is 1. The molecule has 128 valence electrons. The zero-order valence-electron chi connectivity index (χ0n) is 12.3. The number of benzene rings is 2. The van der Waals surface area contributed by atoms with Crippen LogP contribution in [0.1, 0.15) is 10.4 Å². The summed E-state index contributed by atoms with van der Waals surface area (Å²) in [6, 6.07) is 8.56. The first kappa shape index (κ1) is 17.7. The summed E-state index contributed by atoms with van der Waals surface area (Å²) in [5, 5.41) is 35.7. The smallest absolute Gasteiger partial charge is 0.282 e. The third-order valence-corrected chi connectivity index (χ3v) is 3.22. The molecule has 0 aliphatic heterocycles. The van der Waals surface area contributed by atoms with Gasteiger partial charge < -0.3 is 10.4 Å². The highest BCUT2D eigenvalue weighted by molar-refractivity contribution is 7.80. The number of amides is 1. The number of nitro benzene ring substituents is 2. The zero-order valence-corrected chi connectivity index (χ0v) is 13.1. The number of anilines is 1. The molecule has 0 aliphatic rings. The minimum atomic E-state index is -0.814. The van der Waals surface area contributed by atoms with E-state index < -0.39 is 21.5 Å². The molecule has 0 unspecified atom stereocenters.